The lowest BCUT2D eigenvalue weighted by atomic mass is 10.0. The molecular weight excluding hydrogens is 228 g/mol. The first-order chi connectivity index (χ1) is 8.69. The summed E-state index contributed by atoms with van der Waals surface area (Å²) < 4.78 is 5.56. The summed E-state index contributed by atoms with van der Waals surface area (Å²) in [6.45, 7) is 5.14. The van der Waals surface area contributed by atoms with Crippen LogP contribution >= 0.6 is 0 Å². The molecule has 18 heavy (non-hydrogen) atoms. The van der Waals surface area contributed by atoms with Crippen molar-refractivity contribution in [2.45, 2.75) is 25.5 Å². The zero-order valence-corrected chi connectivity index (χ0v) is 10.6. The molecule has 2 aliphatic heterocycles. The van der Waals surface area contributed by atoms with Gasteiger partial charge < -0.3 is 10.1 Å². The van der Waals surface area contributed by atoms with E-state index in [2.05, 4.69) is 24.4 Å². The third-order valence-corrected chi connectivity index (χ3v) is 3.87. The maximum Gasteiger partial charge on any atom is 0.410 e. The van der Waals surface area contributed by atoms with Gasteiger partial charge >= 0.3 is 6.09 Å². The third-order valence-electron chi connectivity index (χ3n) is 3.87. The van der Waals surface area contributed by atoms with E-state index < -0.39 is 0 Å². The lowest BCUT2D eigenvalue weighted by Crippen LogP contribution is -2.36. The number of carbonyl (C=O) groups is 1. The molecule has 4 heteroatoms. The molecule has 4 nitrogen and oxygen atoms in total. The number of benzene rings is 1. The van der Waals surface area contributed by atoms with E-state index in [1.54, 1.807) is 0 Å². The summed E-state index contributed by atoms with van der Waals surface area (Å²) >= 11 is 0. The van der Waals surface area contributed by atoms with Crippen LogP contribution in [0.5, 0.6) is 0 Å². The number of nitrogens with zero attached hydrogens (tertiary/aromatic N) is 1. The molecule has 3 rings (SSSR count). The smallest absolute Gasteiger partial charge is 0.410 e. The summed E-state index contributed by atoms with van der Waals surface area (Å²) in [5, 5.41) is 3.27. The molecule has 1 aromatic rings. The molecule has 2 fully saturated rings. The van der Waals surface area contributed by atoms with Crippen molar-refractivity contribution >= 4 is 6.09 Å². The standard InChI is InChI=1S/C14H18N2O2/c1-11-4-2-3-5-12(11)8-16-10-14(18-13(16)17)6-7-15-9-14/h2-5,15H,6-10H2,1H3. The van der Waals surface area contributed by atoms with E-state index in [-0.39, 0.29) is 11.7 Å². The predicted octanol–water partition coefficient (Wildman–Crippen LogP) is 1.68. The number of amides is 1. The molecule has 0 radical (unpaired) electrons. The number of aryl methyl sites for hydroxylation is 1. The Bertz CT molecular complexity index is 467. The first kappa shape index (κ1) is 11.5. The number of rotatable bonds is 2. The van der Waals surface area contributed by atoms with Gasteiger partial charge in [-0.15, -0.1) is 0 Å². The Kier molecular flexibility index (Phi) is 2.74. The second-order valence-corrected chi connectivity index (χ2v) is 5.26. The van der Waals surface area contributed by atoms with E-state index in [0.29, 0.717) is 13.1 Å². The minimum atomic E-state index is -0.278. The van der Waals surface area contributed by atoms with Crippen LogP contribution in [0.25, 0.3) is 0 Å². The van der Waals surface area contributed by atoms with E-state index >= 15 is 0 Å². The van der Waals surface area contributed by atoms with Crippen molar-refractivity contribution in [1.82, 2.24) is 10.2 Å². The summed E-state index contributed by atoms with van der Waals surface area (Å²) in [4.78, 5) is 13.7. The number of ether oxygens (including phenoxy) is 1. The maximum atomic E-state index is 11.9. The molecule has 1 spiro atoms. The molecule has 1 N–H and O–H groups in total. The Morgan fingerprint density at radius 1 is 1.44 bits per heavy atom. The Morgan fingerprint density at radius 3 is 3.00 bits per heavy atom. The Balaban J connectivity index is 1.74. The van der Waals surface area contributed by atoms with Gasteiger partial charge in [0.1, 0.15) is 5.60 Å². The van der Waals surface area contributed by atoms with Crippen LogP contribution in [0.4, 0.5) is 4.79 Å². The molecular formula is C14H18N2O2. The molecule has 96 valence electrons. The number of hydrogen-bond acceptors (Lipinski definition) is 3. The van der Waals surface area contributed by atoms with Crippen LogP contribution in [0, 0.1) is 6.92 Å². The molecule has 0 bridgehead atoms. The number of nitrogens with one attached hydrogen (secondary N) is 1. The van der Waals surface area contributed by atoms with Crippen LogP contribution < -0.4 is 5.32 Å². The zero-order chi connectivity index (χ0) is 12.6. The molecule has 1 amide bonds. The molecule has 1 aromatic carbocycles. The van der Waals surface area contributed by atoms with Gasteiger partial charge in [0.15, 0.2) is 0 Å². The molecule has 0 aromatic heterocycles. The predicted molar refractivity (Wildman–Crippen MR) is 68.3 cm³/mol. The lowest BCUT2D eigenvalue weighted by molar-refractivity contribution is 0.0727. The van der Waals surface area contributed by atoms with Crippen LogP contribution in [0.2, 0.25) is 0 Å². The van der Waals surface area contributed by atoms with Gasteiger partial charge in [-0.25, -0.2) is 4.79 Å². The molecule has 2 heterocycles. The van der Waals surface area contributed by atoms with Gasteiger partial charge in [-0.1, -0.05) is 24.3 Å². The minimum Gasteiger partial charge on any atom is -0.439 e. The van der Waals surface area contributed by atoms with Gasteiger partial charge in [0.05, 0.1) is 6.54 Å². The summed E-state index contributed by atoms with van der Waals surface area (Å²) in [5.41, 5.74) is 2.13. The number of carbonyl (C=O) groups excluding carboxylic acids is 1. The fourth-order valence-corrected chi connectivity index (χ4v) is 2.75. The summed E-state index contributed by atoms with van der Waals surface area (Å²) in [6, 6.07) is 8.17. The fourth-order valence-electron chi connectivity index (χ4n) is 2.75. The monoisotopic (exact) mass is 246 g/mol. The maximum absolute atomic E-state index is 11.9. The summed E-state index contributed by atoms with van der Waals surface area (Å²) in [6.07, 6.45) is 0.741. The molecule has 0 aliphatic carbocycles. The van der Waals surface area contributed by atoms with Crippen LogP contribution in [0.15, 0.2) is 24.3 Å². The molecule has 1 atom stereocenters. The first-order valence-electron chi connectivity index (χ1n) is 6.42. The van der Waals surface area contributed by atoms with Gasteiger partial charge in [-0.2, -0.15) is 0 Å². The minimum absolute atomic E-state index is 0.179. The van der Waals surface area contributed by atoms with Gasteiger partial charge in [-0.3, -0.25) is 4.90 Å². The van der Waals surface area contributed by atoms with Gasteiger partial charge in [0, 0.05) is 19.5 Å². The Morgan fingerprint density at radius 2 is 2.28 bits per heavy atom. The highest BCUT2D eigenvalue weighted by molar-refractivity contribution is 5.71. The first-order valence-corrected chi connectivity index (χ1v) is 6.42. The van der Waals surface area contributed by atoms with Gasteiger partial charge in [0.2, 0.25) is 0 Å². The average molecular weight is 246 g/mol. The van der Waals surface area contributed by atoms with Crippen molar-refractivity contribution in [2.75, 3.05) is 19.6 Å². The molecule has 0 saturated carbocycles. The molecule has 2 aliphatic rings. The summed E-state index contributed by atoms with van der Waals surface area (Å²) in [5.74, 6) is 0. The second kappa shape index (κ2) is 4.28. The van der Waals surface area contributed by atoms with Gasteiger partial charge in [-0.05, 0) is 24.6 Å². The Hall–Kier alpha value is -1.55. The van der Waals surface area contributed by atoms with Crippen molar-refractivity contribution in [3.8, 4) is 0 Å². The molecule has 2 saturated heterocycles. The largest absolute Gasteiger partial charge is 0.439 e. The van der Waals surface area contributed by atoms with Crippen molar-refractivity contribution in [2.24, 2.45) is 0 Å². The van der Waals surface area contributed by atoms with Crippen LogP contribution in [0.3, 0.4) is 0 Å². The SMILES string of the molecule is Cc1ccccc1CN1CC2(CCNC2)OC1=O. The second-order valence-electron chi connectivity index (χ2n) is 5.26. The zero-order valence-electron chi connectivity index (χ0n) is 10.6. The quantitative estimate of drug-likeness (QED) is 0.863. The van der Waals surface area contributed by atoms with Crippen molar-refractivity contribution in [3.05, 3.63) is 35.4 Å². The highest BCUT2D eigenvalue weighted by Gasteiger charge is 2.46. The normalized spacial score (nSPS) is 26.9. The molecule has 1 unspecified atom stereocenters. The topological polar surface area (TPSA) is 41.6 Å². The van der Waals surface area contributed by atoms with E-state index in [9.17, 15) is 4.79 Å². The van der Waals surface area contributed by atoms with Crippen LogP contribution in [-0.4, -0.2) is 36.2 Å². The van der Waals surface area contributed by atoms with E-state index in [0.717, 1.165) is 19.5 Å². The van der Waals surface area contributed by atoms with E-state index in [4.69, 9.17) is 4.74 Å². The average Bonchev–Trinajstić information content (AvgIpc) is 2.91. The summed E-state index contributed by atoms with van der Waals surface area (Å²) in [7, 11) is 0. The van der Waals surface area contributed by atoms with E-state index in [1.807, 2.05) is 17.0 Å². The van der Waals surface area contributed by atoms with Crippen molar-refractivity contribution in [1.29, 1.82) is 0 Å². The van der Waals surface area contributed by atoms with Gasteiger partial charge in [0.25, 0.3) is 0 Å². The highest BCUT2D eigenvalue weighted by atomic mass is 16.6. The highest BCUT2D eigenvalue weighted by Crippen LogP contribution is 2.29. The van der Waals surface area contributed by atoms with Crippen molar-refractivity contribution < 1.29 is 9.53 Å². The van der Waals surface area contributed by atoms with E-state index in [1.165, 1.54) is 11.1 Å². The third kappa shape index (κ3) is 1.97. The van der Waals surface area contributed by atoms with Crippen molar-refractivity contribution in [3.63, 3.8) is 0 Å². The lowest BCUT2D eigenvalue weighted by Gasteiger charge is -2.19. The van der Waals surface area contributed by atoms with Crippen LogP contribution in [0.1, 0.15) is 17.5 Å². The van der Waals surface area contributed by atoms with Crippen LogP contribution in [-0.2, 0) is 11.3 Å². The fraction of sp³-hybridized carbons (Fsp3) is 0.500. The number of hydrogen-bond donors (Lipinski definition) is 1. The Labute approximate surface area is 107 Å².